The zero-order chi connectivity index (χ0) is 13.0. The topological polar surface area (TPSA) is 71.8 Å². The van der Waals surface area contributed by atoms with Crippen LogP contribution >= 0.6 is 0 Å². The molecule has 4 heteroatoms. The molecule has 4 nitrogen and oxygen atoms in total. The van der Waals surface area contributed by atoms with Gasteiger partial charge in [-0.1, -0.05) is 18.2 Å². The van der Waals surface area contributed by atoms with Crippen LogP contribution in [0, 0.1) is 11.3 Å². The molecule has 0 atom stereocenters. The summed E-state index contributed by atoms with van der Waals surface area (Å²) in [6.07, 6.45) is 3.15. The lowest BCUT2D eigenvalue weighted by atomic mass is 10.1. The van der Waals surface area contributed by atoms with Gasteiger partial charge in [-0.2, -0.15) is 5.26 Å². The summed E-state index contributed by atoms with van der Waals surface area (Å²) in [5.74, 6) is -0.0507. The van der Waals surface area contributed by atoms with Crippen LogP contribution in [-0.2, 0) is 6.54 Å². The van der Waals surface area contributed by atoms with E-state index >= 15 is 0 Å². The smallest absolute Gasteiger partial charge is 0.178 e. The van der Waals surface area contributed by atoms with Crippen molar-refractivity contribution in [3.8, 4) is 6.07 Å². The summed E-state index contributed by atoms with van der Waals surface area (Å²) >= 11 is 0. The third-order valence-corrected chi connectivity index (χ3v) is 2.96. The molecule has 0 fully saturated rings. The van der Waals surface area contributed by atoms with Crippen LogP contribution in [-0.4, -0.2) is 16.9 Å². The number of hydrogen-bond donors (Lipinski definition) is 1. The van der Waals surface area contributed by atoms with Crippen molar-refractivity contribution in [3.05, 3.63) is 36.0 Å². The largest absolute Gasteiger partial charge is 0.347 e. The number of para-hydroxylation sites is 1. The Kier molecular flexibility index (Phi) is 3.75. The number of aromatic nitrogens is 1. The molecule has 0 radical (unpaired) electrons. The van der Waals surface area contributed by atoms with E-state index in [-0.39, 0.29) is 12.3 Å². The fourth-order valence-electron chi connectivity index (χ4n) is 2.09. The molecule has 0 saturated heterocycles. The van der Waals surface area contributed by atoms with Crippen molar-refractivity contribution in [1.82, 2.24) is 4.57 Å². The van der Waals surface area contributed by atoms with Crippen LogP contribution in [0.25, 0.3) is 10.9 Å². The lowest BCUT2D eigenvalue weighted by molar-refractivity contribution is 0.100. The highest BCUT2D eigenvalue weighted by Crippen LogP contribution is 2.22. The molecule has 0 bridgehead atoms. The predicted molar refractivity (Wildman–Crippen MR) is 70.2 cm³/mol. The summed E-state index contributed by atoms with van der Waals surface area (Å²) in [5, 5.41) is 9.49. The summed E-state index contributed by atoms with van der Waals surface area (Å²) in [5.41, 5.74) is 7.12. The number of rotatable bonds is 5. The maximum Gasteiger partial charge on any atom is 0.178 e. The van der Waals surface area contributed by atoms with E-state index in [1.807, 2.05) is 35.0 Å². The first-order valence-corrected chi connectivity index (χ1v) is 5.96. The molecule has 2 N–H and O–H groups in total. The van der Waals surface area contributed by atoms with E-state index in [0.717, 1.165) is 23.9 Å². The lowest BCUT2D eigenvalue weighted by Crippen LogP contribution is -2.13. The van der Waals surface area contributed by atoms with E-state index in [2.05, 4.69) is 6.07 Å². The van der Waals surface area contributed by atoms with E-state index in [1.54, 1.807) is 0 Å². The number of nitrogens with zero attached hydrogens (tertiary/aromatic N) is 2. The third kappa shape index (κ3) is 2.27. The number of nitrogens with two attached hydrogens (primary N) is 1. The van der Waals surface area contributed by atoms with Crippen molar-refractivity contribution in [1.29, 1.82) is 5.26 Å². The lowest BCUT2D eigenvalue weighted by Gasteiger charge is -2.02. The number of Topliss-reactive ketones (excluding diaryl/α,β-unsaturated/α-hetero) is 1. The number of carbonyl (C=O) groups excluding carboxylic acids is 1. The van der Waals surface area contributed by atoms with Crippen molar-refractivity contribution in [2.45, 2.75) is 19.4 Å². The summed E-state index contributed by atoms with van der Waals surface area (Å²) in [7, 11) is 0. The molecule has 0 spiro atoms. The second kappa shape index (κ2) is 5.48. The molecule has 0 aliphatic carbocycles. The number of nitriles is 1. The fourth-order valence-corrected chi connectivity index (χ4v) is 2.09. The molecular formula is C14H15N3O. The first-order chi connectivity index (χ1) is 8.77. The van der Waals surface area contributed by atoms with E-state index in [9.17, 15) is 4.79 Å². The highest BCUT2D eigenvalue weighted by Gasteiger charge is 2.12. The first-order valence-electron chi connectivity index (χ1n) is 5.96. The molecule has 0 aliphatic rings. The number of aryl methyl sites for hydroxylation is 1. The number of fused-ring (bicyclic) bond motifs is 1. The molecular weight excluding hydrogens is 226 g/mol. The molecule has 2 rings (SSSR count). The van der Waals surface area contributed by atoms with Crippen molar-refractivity contribution in [3.63, 3.8) is 0 Å². The van der Waals surface area contributed by atoms with Gasteiger partial charge in [0.05, 0.1) is 12.6 Å². The van der Waals surface area contributed by atoms with Crippen LogP contribution in [0.3, 0.4) is 0 Å². The van der Waals surface area contributed by atoms with Crippen LogP contribution in [0.2, 0.25) is 0 Å². The Hall–Kier alpha value is -2.12. The van der Waals surface area contributed by atoms with Gasteiger partial charge >= 0.3 is 0 Å². The Morgan fingerprint density at radius 1 is 1.39 bits per heavy atom. The first kappa shape index (κ1) is 12.3. The van der Waals surface area contributed by atoms with Gasteiger partial charge in [0.1, 0.15) is 0 Å². The van der Waals surface area contributed by atoms with Crippen LogP contribution in [0.1, 0.15) is 23.2 Å². The second-order valence-electron chi connectivity index (χ2n) is 4.14. The summed E-state index contributed by atoms with van der Waals surface area (Å²) < 4.78 is 2.02. The van der Waals surface area contributed by atoms with Gasteiger partial charge in [-0.05, 0) is 12.5 Å². The second-order valence-corrected chi connectivity index (χ2v) is 4.14. The fraction of sp³-hybridized carbons (Fsp3) is 0.286. The van der Waals surface area contributed by atoms with Gasteiger partial charge in [-0.15, -0.1) is 0 Å². The third-order valence-electron chi connectivity index (χ3n) is 2.96. The van der Waals surface area contributed by atoms with Gasteiger partial charge in [-0.3, -0.25) is 4.79 Å². The maximum atomic E-state index is 11.8. The zero-order valence-corrected chi connectivity index (χ0v) is 10.1. The minimum atomic E-state index is -0.0507. The minimum absolute atomic E-state index is 0.0200. The van der Waals surface area contributed by atoms with Crippen LogP contribution in [0.15, 0.2) is 30.5 Å². The Bertz CT molecular complexity index is 607. The van der Waals surface area contributed by atoms with E-state index in [0.29, 0.717) is 12.0 Å². The molecule has 18 heavy (non-hydrogen) atoms. The van der Waals surface area contributed by atoms with Gasteiger partial charge in [0.2, 0.25) is 0 Å². The number of ketones is 1. The molecule has 2 aromatic rings. The Morgan fingerprint density at radius 2 is 2.17 bits per heavy atom. The SMILES string of the molecule is N#CCCCn1cc(C(=O)CN)c2ccccc21. The summed E-state index contributed by atoms with van der Waals surface area (Å²) in [6.45, 7) is 0.762. The highest BCUT2D eigenvalue weighted by molar-refractivity contribution is 6.08. The molecule has 92 valence electrons. The molecule has 0 saturated carbocycles. The highest BCUT2D eigenvalue weighted by atomic mass is 16.1. The normalized spacial score (nSPS) is 10.4. The van der Waals surface area contributed by atoms with E-state index in [4.69, 9.17) is 11.0 Å². The molecule has 1 heterocycles. The minimum Gasteiger partial charge on any atom is -0.347 e. The van der Waals surface area contributed by atoms with Gasteiger partial charge in [0, 0.05) is 35.6 Å². The van der Waals surface area contributed by atoms with Crippen LogP contribution < -0.4 is 5.73 Å². The number of hydrogen-bond acceptors (Lipinski definition) is 3. The van der Waals surface area contributed by atoms with E-state index in [1.165, 1.54) is 0 Å². The average Bonchev–Trinajstić information content (AvgIpc) is 2.78. The van der Waals surface area contributed by atoms with Crippen molar-refractivity contribution in [2.75, 3.05) is 6.54 Å². The van der Waals surface area contributed by atoms with Crippen LogP contribution in [0.4, 0.5) is 0 Å². The number of benzene rings is 1. The van der Waals surface area contributed by atoms with E-state index < -0.39 is 0 Å². The molecule has 0 unspecified atom stereocenters. The van der Waals surface area contributed by atoms with Gasteiger partial charge in [-0.25, -0.2) is 0 Å². The summed E-state index contributed by atoms with van der Waals surface area (Å²) in [6, 6.07) is 9.89. The Balaban J connectivity index is 2.41. The van der Waals surface area contributed by atoms with Crippen molar-refractivity contribution >= 4 is 16.7 Å². The monoisotopic (exact) mass is 241 g/mol. The molecule has 1 aromatic heterocycles. The zero-order valence-electron chi connectivity index (χ0n) is 10.1. The standard InChI is InChI=1S/C14H15N3O/c15-7-3-4-8-17-10-12(14(18)9-16)11-5-1-2-6-13(11)17/h1-2,5-6,10H,3-4,8-9,16H2. The maximum absolute atomic E-state index is 11.8. The molecule has 0 amide bonds. The van der Waals surface area contributed by atoms with Crippen molar-refractivity contribution in [2.24, 2.45) is 5.73 Å². The molecule has 0 aliphatic heterocycles. The van der Waals surface area contributed by atoms with Gasteiger partial charge < -0.3 is 10.3 Å². The predicted octanol–water partition coefficient (Wildman–Crippen LogP) is 2.09. The Labute approximate surface area is 106 Å². The number of carbonyl (C=O) groups is 1. The van der Waals surface area contributed by atoms with Crippen molar-refractivity contribution < 1.29 is 4.79 Å². The van der Waals surface area contributed by atoms with Crippen LogP contribution in [0.5, 0.6) is 0 Å². The summed E-state index contributed by atoms with van der Waals surface area (Å²) in [4.78, 5) is 11.8. The number of unbranched alkanes of at least 4 members (excludes halogenated alkanes) is 1. The van der Waals surface area contributed by atoms with Gasteiger partial charge in [0.15, 0.2) is 5.78 Å². The molecule has 1 aromatic carbocycles. The average molecular weight is 241 g/mol. The van der Waals surface area contributed by atoms with Gasteiger partial charge in [0.25, 0.3) is 0 Å². The quantitative estimate of drug-likeness (QED) is 0.643. The Morgan fingerprint density at radius 3 is 2.89 bits per heavy atom.